The summed E-state index contributed by atoms with van der Waals surface area (Å²) < 4.78 is 55.1. The summed E-state index contributed by atoms with van der Waals surface area (Å²) in [6.45, 7) is 0. The van der Waals surface area contributed by atoms with E-state index in [1.165, 1.54) is 55.0 Å². The lowest BCUT2D eigenvalue weighted by Gasteiger charge is -2.08. The Hall–Kier alpha value is -4.62. The summed E-state index contributed by atoms with van der Waals surface area (Å²) in [5.74, 6) is 4.62. The van der Waals surface area contributed by atoms with Gasteiger partial charge in [0.05, 0.1) is 16.9 Å². The van der Waals surface area contributed by atoms with E-state index in [0.29, 0.717) is 22.3 Å². The quantitative estimate of drug-likeness (QED) is 0.364. The first-order chi connectivity index (χ1) is 16.9. The lowest BCUT2D eigenvalue weighted by Crippen LogP contribution is -2.13. The number of rotatable bonds is 4. The molecule has 0 saturated heterocycles. The first-order valence-corrected chi connectivity index (χ1v) is 11.7. The molecule has 5 rings (SSSR count). The largest absolute Gasteiger partial charge is 0.280 e. The Morgan fingerprint density at radius 2 is 1.77 bits per heavy atom. The summed E-state index contributed by atoms with van der Waals surface area (Å²) in [7, 11) is -3.89. The van der Waals surface area contributed by atoms with Crippen molar-refractivity contribution in [2.75, 3.05) is 4.72 Å². The lowest BCUT2D eigenvalue weighted by atomic mass is 10.1. The lowest BCUT2D eigenvalue weighted by molar-refractivity contribution is 0.600. The van der Waals surface area contributed by atoms with Gasteiger partial charge in [0.15, 0.2) is 5.65 Å². The Kier molecular flexibility index (Phi) is 5.68. The maximum absolute atomic E-state index is 14.4. The van der Waals surface area contributed by atoms with Gasteiger partial charge in [0.1, 0.15) is 16.5 Å². The van der Waals surface area contributed by atoms with Crippen LogP contribution in [-0.4, -0.2) is 28.6 Å². The van der Waals surface area contributed by atoms with Crippen molar-refractivity contribution in [2.24, 2.45) is 0 Å². The fraction of sp³-hybridized carbons (Fsp3) is 0. The number of halogens is 2. The van der Waals surface area contributed by atoms with Crippen LogP contribution in [0.4, 0.5) is 14.5 Å². The first kappa shape index (κ1) is 22.2. The zero-order valence-electron chi connectivity index (χ0n) is 17.8. The molecule has 0 amide bonds. The Bertz CT molecular complexity index is 1710. The molecule has 0 aliphatic heterocycles. The summed E-state index contributed by atoms with van der Waals surface area (Å²) in [5, 5.41) is 7.71. The molecule has 0 radical (unpaired) electrons. The second kappa shape index (κ2) is 8.96. The van der Waals surface area contributed by atoms with Crippen LogP contribution in [0.1, 0.15) is 11.1 Å². The fourth-order valence-corrected chi connectivity index (χ4v) is 4.36. The highest BCUT2D eigenvalue weighted by Gasteiger charge is 2.15. The Balaban J connectivity index is 1.45. The molecule has 0 bridgehead atoms. The molecule has 2 aromatic carbocycles. The van der Waals surface area contributed by atoms with Crippen LogP contribution in [0.3, 0.4) is 0 Å². The van der Waals surface area contributed by atoms with Crippen LogP contribution in [0.5, 0.6) is 0 Å². The van der Waals surface area contributed by atoms with E-state index in [1.54, 1.807) is 18.2 Å². The van der Waals surface area contributed by atoms with E-state index in [1.807, 2.05) is 0 Å². The van der Waals surface area contributed by atoms with Crippen molar-refractivity contribution >= 4 is 26.7 Å². The number of anilines is 1. The zero-order chi connectivity index (χ0) is 24.4. The van der Waals surface area contributed by atoms with Gasteiger partial charge in [-0.3, -0.25) is 14.8 Å². The average Bonchev–Trinajstić information content (AvgIpc) is 3.28. The number of H-pyrrole nitrogens is 1. The van der Waals surface area contributed by atoms with E-state index in [9.17, 15) is 17.2 Å². The minimum Gasteiger partial charge on any atom is -0.280 e. The molecule has 0 fully saturated rings. The first-order valence-electron chi connectivity index (χ1n) is 10.2. The molecule has 172 valence electrons. The van der Waals surface area contributed by atoms with E-state index < -0.39 is 15.8 Å². The van der Waals surface area contributed by atoms with Crippen molar-refractivity contribution in [3.63, 3.8) is 0 Å². The Labute approximate surface area is 198 Å². The zero-order valence-corrected chi connectivity index (χ0v) is 18.6. The van der Waals surface area contributed by atoms with E-state index in [2.05, 4.69) is 36.7 Å². The van der Waals surface area contributed by atoms with Crippen LogP contribution in [0.15, 0.2) is 84.1 Å². The smallest absolute Gasteiger partial charge is 0.263 e. The molecule has 10 heteroatoms. The highest BCUT2D eigenvalue weighted by atomic mass is 32.2. The van der Waals surface area contributed by atoms with E-state index in [4.69, 9.17) is 0 Å². The number of nitrogens with zero attached hydrogens (tertiary/aromatic N) is 3. The third kappa shape index (κ3) is 4.71. The van der Waals surface area contributed by atoms with Gasteiger partial charge < -0.3 is 0 Å². The summed E-state index contributed by atoms with van der Waals surface area (Å²) >= 11 is 0. The minimum absolute atomic E-state index is 0.00225. The summed E-state index contributed by atoms with van der Waals surface area (Å²) in [5.41, 5.74) is 2.47. The van der Waals surface area contributed by atoms with E-state index >= 15 is 0 Å². The molecule has 7 nitrogen and oxygen atoms in total. The summed E-state index contributed by atoms with van der Waals surface area (Å²) in [4.78, 5) is 8.05. The molecule has 0 spiro atoms. The molecule has 0 saturated carbocycles. The van der Waals surface area contributed by atoms with Crippen molar-refractivity contribution in [1.29, 1.82) is 0 Å². The number of sulfonamides is 1. The predicted molar refractivity (Wildman–Crippen MR) is 127 cm³/mol. The normalized spacial score (nSPS) is 11.1. The van der Waals surface area contributed by atoms with Crippen LogP contribution >= 0.6 is 0 Å². The SMILES string of the molecule is O=S(=O)(Nc1ccc(F)c(C#Cc2cnc3n[nH]c(-c4ccc(F)cc4)c3c2)c1)c1cccnc1. The van der Waals surface area contributed by atoms with Crippen LogP contribution < -0.4 is 4.72 Å². The topological polar surface area (TPSA) is 101 Å². The number of aromatic nitrogens is 4. The Morgan fingerprint density at radius 1 is 0.943 bits per heavy atom. The highest BCUT2D eigenvalue weighted by Crippen LogP contribution is 2.26. The van der Waals surface area contributed by atoms with Crippen LogP contribution in [0, 0.1) is 23.5 Å². The number of fused-ring (bicyclic) bond motifs is 1. The second-order valence-corrected chi connectivity index (χ2v) is 9.12. The number of nitrogens with one attached hydrogen (secondary N) is 2. The number of aromatic amines is 1. The average molecular weight is 487 g/mol. The maximum Gasteiger partial charge on any atom is 0.263 e. The summed E-state index contributed by atoms with van der Waals surface area (Å²) in [6.07, 6.45) is 4.17. The highest BCUT2D eigenvalue weighted by molar-refractivity contribution is 7.92. The van der Waals surface area contributed by atoms with Gasteiger partial charge in [-0.1, -0.05) is 11.8 Å². The van der Waals surface area contributed by atoms with Crippen LogP contribution in [-0.2, 0) is 10.0 Å². The fourth-order valence-electron chi connectivity index (χ4n) is 3.35. The third-order valence-corrected chi connectivity index (χ3v) is 6.41. The van der Waals surface area contributed by atoms with E-state index in [0.717, 1.165) is 11.6 Å². The molecule has 0 unspecified atom stereocenters. The van der Waals surface area contributed by atoms with Gasteiger partial charge in [0.25, 0.3) is 10.0 Å². The number of hydrogen-bond acceptors (Lipinski definition) is 5. The van der Waals surface area contributed by atoms with Crippen LogP contribution in [0.2, 0.25) is 0 Å². The molecule has 3 heterocycles. The molecule has 2 N–H and O–H groups in total. The Morgan fingerprint density at radius 3 is 2.54 bits per heavy atom. The predicted octanol–water partition coefficient (Wildman–Crippen LogP) is 4.50. The minimum atomic E-state index is -3.89. The van der Waals surface area contributed by atoms with Gasteiger partial charge >= 0.3 is 0 Å². The van der Waals surface area contributed by atoms with Gasteiger partial charge in [0.2, 0.25) is 0 Å². The van der Waals surface area contributed by atoms with Crippen molar-refractivity contribution < 1.29 is 17.2 Å². The van der Waals surface area contributed by atoms with Crippen LogP contribution in [0.25, 0.3) is 22.3 Å². The standard InChI is InChI=1S/C25H15F2N5O2S/c26-19-7-5-17(6-8-19)24-22-12-16(14-29-25(22)31-30-24)3-4-18-13-20(9-10-23(18)27)32-35(33,34)21-2-1-11-28-15-21/h1-2,5-15,32H,(H,29,30,31). The van der Waals surface area contributed by atoms with Crippen molar-refractivity contribution in [3.8, 4) is 23.1 Å². The van der Waals surface area contributed by atoms with Gasteiger partial charge in [-0.05, 0) is 60.7 Å². The molecule has 0 atom stereocenters. The van der Waals surface area contributed by atoms with E-state index in [-0.39, 0.29) is 22.0 Å². The number of hydrogen-bond donors (Lipinski definition) is 2. The molecular formula is C25H15F2N5O2S. The molecule has 3 aromatic heterocycles. The van der Waals surface area contributed by atoms with Gasteiger partial charge in [-0.25, -0.2) is 22.2 Å². The number of pyridine rings is 2. The maximum atomic E-state index is 14.4. The molecule has 5 aromatic rings. The van der Waals surface area contributed by atoms with Gasteiger partial charge in [-0.15, -0.1) is 0 Å². The van der Waals surface area contributed by atoms with Gasteiger partial charge in [-0.2, -0.15) is 5.10 Å². The monoisotopic (exact) mass is 487 g/mol. The second-order valence-electron chi connectivity index (χ2n) is 7.44. The molecule has 0 aliphatic rings. The van der Waals surface area contributed by atoms with Crippen molar-refractivity contribution in [2.45, 2.75) is 4.90 Å². The third-order valence-electron chi connectivity index (χ3n) is 5.05. The molecule has 35 heavy (non-hydrogen) atoms. The molecular weight excluding hydrogens is 472 g/mol. The number of benzene rings is 2. The van der Waals surface area contributed by atoms with Crippen molar-refractivity contribution in [1.82, 2.24) is 20.2 Å². The van der Waals surface area contributed by atoms with Crippen molar-refractivity contribution in [3.05, 3.63) is 102 Å². The summed E-state index contributed by atoms with van der Waals surface area (Å²) in [6, 6.07) is 14.3. The molecule has 0 aliphatic carbocycles. The van der Waals surface area contributed by atoms with Gasteiger partial charge in [0, 0.05) is 35.1 Å².